The van der Waals surface area contributed by atoms with Gasteiger partial charge in [0.2, 0.25) is 0 Å². The average Bonchev–Trinajstić information content (AvgIpc) is 2.88. The van der Waals surface area contributed by atoms with Crippen molar-refractivity contribution in [2.75, 3.05) is 0 Å². The molecule has 2 bridgehead atoms. The van der Waals surface area contributed by atoms with E-state index >= 15 is 0 Å². The van der Waals surface area contributed by atoms with Crippen molar-refractivity contribution in [3.63, 3.8) is 0 Å². The summed E-state index contributed by atoms with van der Waals surface area (Å²) in [5.41, 5.74) is 0.847. The van der Waals surface area contributed by atoms with E-state index in [1.807, 2.05) is 0 Å². The first-order chi connectivity index (χ1) is 7.35. The number of fused-ring (bicyclic) bond motifs is 2. The van der Waals surface area contributed by atoms with Crippen molar-refractivity contribution in [3.8, 4) is 0 Å². The quantitative estimate of drug-likeness (QED) is 0.610. The fourth-order valence-electron chi connectivity index (χ4n) is 5.38. The van der Waals surface area contributed by atoms with Crippen LogP contribution in [0, 0.1) is 23.2 Å². The first kappa shape index (κ1) is 10.2. The standard InChI is InChI=1S/C15H26/c1-2-13-10-12-8-9-15(13,11-12)14-6-4-3-5-7-14/h12-14H,2-11H2,1H3. The van der Waals surface area contributed by atoms with Crippen molar-refractivity contribution in [1.29, 1.82) is 0 Å². The second kappa shape index (κ2) is 3.79. The Morgan fingerprint density at radius 1 is 1.07 bits per heavy atom. The van der Waals surface area contributed by atoms with E-state index in [-0.39, 0.29) is 0 Å². The van der Waals surface area contributed by atoms with Gasteiger partial charge >= 0.3 is 0 Å². The molecular weight excluding hydrogens is 180 g/mol. The third-order valence-corrected chi connectivity index (χ3v) is 6.03. The average molecular weight is 206 g/mol. The van der Waals surface area contributed by atoms with E-state index in [0.717, 1.165) is 23.2 Å². The first-order valence-corrected chi connectivity index (χ1v) is 7.35. The lowest BCUT2D eigenvalue weighted by atomic mass is 9.61. The molecule has 0 amide bonds. The van der Waals surface area contributed by atoms with Crippen LogP contribution >= 0.6 is 0 Å². The molecule has 3 rings (SSSR count). The van der Waals surface area contributed by atoms with Crippen LogP contribution in [0.5, 0.6) is 0 Å². The van der Waals surface area contributed by atoms with E-state index in [0.29, 0.717) is 0 Å². The predicted octanol–water partition coefficient (Wildman–Crippen LogP) is 4.78. The highest BCUT2D eigenvalue weighted by Crippen LogP contribution is 2.64. The summed E-state index contributed by atoms with van der Waals surface area (Å²) >= 11 is 0. The van der Waals surface area contributed by atoms with Crippen LogP contribution in [0.3, 0.4) is 0 Å². The van der Waals surface area contributed by atoms with Crippen LogP contribution in [-0.2, 0) is 0 Å². The smallest absolute Gasteiger partial charge is 0.0238 e. The Morgan fingerprint density at radius 3 is 2.53 bits per heavy atom. The molecule has 0 radical (unpaired) electrons. The summed E-state index contributed by atoms with van der Waals surface area (Å²) < 4.78 is 0. The molecular formula is C15H26. The van der Waals surface area contributed by atoms with Crippen LogP contribution < -0.4 is 0 Å². The monoisotopic (exact) mass is 206 g/mol. The molecule has 3 unspecified atom stereocenters. The fourth-order valence-corrected chi connectivity index (χ4v) is 5.38. The Labute approximate surface area is 94.8 Å². The normalized spacial score (nSPS) is 46.2. The largest absolute Gasteiger partial charge is 0.0651 e. The third-order valence-electron chi connectivity index (χ3n) is 6.03. The van der Waals surface area contributed by atoms with Crippen LogP contribution in [0.2, 0.25) is 0 Å². The second-order valence-corrected chi connectivity index (χ2v) is 6.52. The van der Waals surface area contributed by atoms with Gasteiger partial charge in [0.1, 0.15) is 0 Å². The SMILES string of the molecule is CCC1CC2CCC1(C1CCCCC1)C2. The van der Waals surface area contributed by atoms with Crippen LogP contribution in [0.4, 0.5) is 0 Å². The van der Waals surface area contributed by atoms with E-state index in [2.05, 4.69) is 6.92 Å². The molecule has 0 saturated heterocycles. The highest BCUT2D eigenvalue weighted by atomic mass is 14.6. The van der Waals surface area contributed by atoms with Gasteiger partial charge in [0, 0.05) is 0 Å². The maximum absolute atomic E-state index is 2.44. The van der Waals surface area contributed by atoms with Gasteiger partial charge in [-0.1, -0.05) is 32.6 Å². The Hall–Kier alpha value is 0. The van der Waals surface area contributed by atoms with Gasteiger partial charge in [-0.2, -0.15) is 0 Å². The number of hydrogen-bond donors (Lipinski definition) is 0. The second-order valence-electron chi connectivity index (χ2n) is 6.52. The Kier molecular flexibility index (Phi) is 2.57. The summed E-state index contributed by atoms with van der Waals surface area (Å²) in [6, 6.07) is 0. The highest BCUT2D eigenvalue weighted by Gasteiger charge is 2.54. The van der Waals surface area contributed by atoms with Crippen LogP contribution in [0.25, 0.3) is 0 Å². The molecule has 3 aliphatic carbocycles. The van der Waals surface area contributed by atoms with E-state index in [1.54, 1.807) is 38.5 Å². The van der Waals surface area contributed by atoms with Gasteiger partial charge in [-0.3, -0.25) is 0 Å². The molecule has 0 N–H and O–H groups in total. The molecule has 3 atom stereocenters. The summed E-state index contributed by atoms with van der Waals surface area (Å²) in [6.07, 6.45) is 15.6. The van der Waals surface area contributed by atoms with Gasteiger partial charge in [0.25, 0.3) is 0 Å². The minimum absolute atomic E-state index is 0.847. The Morgan fingerprint density at radius 2 is 1.87 bits per heavy atom. The first-order valence-electron chi connectivity index (χ1n) is 7.35. The lowest BCUT2D eigenvalue weighted by Gasteiger charge is -2.43. The van der Waals surface area contributed by atoms with Crippen LogP contribution in [0.15, 0.2) is 0 Å². The zero-order valence-electron chi connectivity index (χ0n) is 10.3. The van der Waals surface area contributed by atoms with Crippen molar-refractivity contribution in [3.05, 3.63) is 0 Å². The van der Waals surface area contributed by atoms with Crippen molar-refractivity contribution >= 4 is 0 Å². The summed E-state index contributed by atoms with van der Waals surface area (Å²) in [4.78, 5) is 0. The minimum Gasteiger partial charge on any atom is -0.0651 e. The van der Waals surface area contributed by atoms with Crippen molar-refractivity contribution in [1.82, 2.24) is 0 Å². The number of hydrogen-bond acceptors (Lipinski definition) is 0. The molecule has 0 nitrogen and oxygen atoms in total. The lowest BCUT2D eigenvalue weighted by Crippen LogP contribution is -2.34. The molecule has 0 spiro atoms. The van der Waals surface area contributed by atoms with E-state index in [9.17, 15) is 0 Å². The summed E-state index contributed by atoms with van der Waals surface area (Å²) in [7, 11) is 0. The molecule has 0 aromatic heterocycles. The zero-order chi connectivity index (χ0) is 10.3. The van der Waals surface area contributed by atoms with Crippen molar-refractivity contribution in [2.24, 2.45) is 23.2 Å². The topological polar surface area (TPSA) is 0 Å². The molecule has 3 saturated carbocycles. The third kappa shape index (κ3) is 1.47. The summed E-state index contributed by atoms with van der Waals surface area (Å²) in [6.45, 7) is 2.44. The predicted molar refractivity (Wildman–Crippen MR) is 64.7 cm³/mol. The van der Waals surface area contributed by atoms with Crippen LogP contribution in [0.1, 0.15) is 71.1 Å². The summed E-state index contributed by atoms with van der Waals surface area (Å²) in [5.74, 6) is 3.37. The maximum atomic E-state index is 2.44. The van der Waals surface area contributed by atoms with E-state index in [4.69, 9.17) is 0 Å². The summed E-state index contributed by atoms with van der Waals surface area (Å²) in [5, 5.41) is 0. The molecule has 3 fully saturated rings. The molecule has 86 valence electrons. The molecule has 15 heavy (non-hydrogen) atoms. The van der Waals surface area contributed by atoms with Gasteiger partial charge in [-0.15, -0.1) is 0 Å². The number of rotatable bonds is 2. The molecule has 0 aromatic rings. The van der Waals surface area contributed by atoms with Gasteiger partial charge < -0.3 is 0 Å². The fraction of sp³-hybridized carbons (Fsp3) is 1.00. The van der Waals surface area contributed by atoms with E-state index < -0.39 is 0 Å². The van der Waals surface area contributed by atoms with E-state index in [1.165, 1.54) is 25.7 Å². The molecule has 0 heteroatoms. The molecule has 3 aliphatic rings. The van der Waals surface area contributed by atoms with Gasteiger partial charge in [0.15, 0.2) is 0 Å². The molecule has 0 aromatic carbocycles. The zero-order valence-corrected chi connectivity index (χ0v) is 10.3. The Bertz CT molecular complexity index is 226. The van der Waals surface area contributed by atoms with Gasteiger partial charge in [-0.05, 0) is 61.7 Å². The molecule has 0 aliphatic heterocycles. The van der Waals surface area contributed by atoms with Crippen LogP contribution in [-0.4, -0.2) is 0 Å². The van der Waals surface area contributed by atoms with Gasteiger partial charge in [-0.25, -0.2) is 0 Å². The van der Waals surface area contributed by atoms with Gasteiger partial charge in [0.05, 0.1) is 0 Å². The van der Waals surface area contributed by atoms with Crippen molar-refractivity contribution in [2.45, 2.75) is 71.1 Å². The van der Waals surface area contributed by atoms with Crippen molar-refractivity contribution < 1.29 is 0 Å². The highest BCUT2D eigenvalue weighted by molar-refractivity contribution is 5.04. The molecule has 0 heterocycles. The lowest BCUT2D eigenvalue weighted by molar-refractivity contribution is 0.0630. The minimum atomic E-state index is 0.847. The Balaban J connectivity index is 1.80. The maximum Gasteiger partial charge on any atom is -0.0238 e.